The van der Waals surface area contributed by atoms with Crippen molar-refractivity contribution in [3.8, 4) is 0 Å². The number of benzene rings is 1. The Morgan fingerprint density at radius 3 is 2.81 bits per heavy atom. The second-order valence-electron chi connectivity index (χ2n) is 5.52. The number of fused-ring (bicyclic) bond motifs is 3. The fraction of sp³-hybridized carbons (Fsp3) is 0.312. The molecule has 3 aromatic rings. The van der Waals surface area contributed by atoms with Crippen LogP contribution in [0.15, 0.2) is 30.6 Å². The van der Waals surface area contributed by atoms with Crippen LogP contribution in [0.2, 0.25) is 0 Å². The zero-order valence-corrected chi connectivity index (χ0v) is 12.0. The Labute approximate surface area is 123 Å². The van der Waals surface area contributed by atoms with Crippen molar-refractivity contribution in [2.24, 2.45) is 0 Å². The molecule has 0 spiro atoms. The molecule has 106 valence electrons. The molecule has 0 amide bonds. The van der Waals surface area contributed by atoms with Crippen molar-refractivity contribution in [1.29, 1.82) is 0 Å². The van der Waals surface area contributed by atoms with Gasteiger partial charge in [0.2, 0.25) is 0 Å². The molecule has 3 heterocycles. The molecule has 21 heavy (non-hydrogen) atoms. The predicted molar refractivity (Wildman–Crippen MR) is 82.7 cm³/mol. The van der Waals surface area contributed by atoms with Gasteiger partial charge in [-0.05, 0) is 31.9 Å². The average Bonchev–Trinajstić information content (AvgIpc) is 2.89. The van der Waals surface area contributed by atoms with Crippen molar-refractivity contribution in [2.75, 3.05) is 5.32 Å². The summed E-state index contributed by atoms with van der Waals surface area (Å²) in [5.41, 5.74) is 4.07. The molecule has 1 aliphatic rings. The van der Waals surface area contributed by atoms with Gasteiger partial charge < -0.3 is 9.88 Å². The fourth-order valence-corrected chi connectivity index (χ4v) is 2.83. The molecule has 0 fully saturated rings. The second kappa shape index (κ2) is 4.84. The first kappa shape index (κ1) is 12.3. The third-order valence-electron chi connectivity index (χ3n) is 3.96. The first-order chi connectivity index (χ1) is 10.3. The quantitative estimate of drug-likeness (QED) is 0.782. The van der Waals surface area contributed by atoms with Crippen LogP contribution in [0.4, 0.5) is 11.5 Å². The molecule has 0 saturated carbocycles. The van der Waals surface area contributed by atoms with Gasteiger partial charge in [0.15, 0.2) is 17.0 Å². The smallest absolute Gasteiger partial charge is 0.165 e. The van der Waals surface area contributed by atoms with Gasteiger partial charge >= 0.3 is 0 Å². The third-order valence-corrected chi connectivity index (χ3v) is 3.96. The fourth-order valence-electron chi connectivity index (χ4n) is 2.83. The minimum atomic E-state index is 0.783. The van der Waals surface area contributed by atoms with Crippen molar-refractivity contribution in [2.45, 2.75) is 32.7 Å². The molecule has 0 bridgehead atoms. The summed E-state index contributed by atoms with van der Waals surface area (Å²) in [5, 5.41) is 3.36. The summed E-state index contributed by atoms with van der Waals surface area (Å²) in [6, 6.07) is 8.27. The van der Waals surface area contributed by atoms with Crippen LogP contribution in [-0.4, -0.2) is 19.5 Å². The lowest BCUT2D eigenvalue weighted by molar-refractivity contribution is 0.530. The van der Waals surface area contributed by atoms with E-state index in [4.69, 9.17) is 4.98 Å². The standard InChI is InChI=1S/C16H17N5/c1-11-5-7-12(8-6-11)19-15-14-16(18-10-17-15)21-9-3-2-4-13(21)20-14/h5-8,10H,2-4,9H2,1H3,(H,17,18,19). The average molecular weight is 279 g/mol. The van der Waals surface area contributed by atoms with Crippen LogP contribution in [0, 0.1) is 6.92 Å². The Morgan fingerprint density at radius 1 is 1.10 bits per heavy atom. The minimum absolute atomic E-state index is 0.783. The number of anilines is 2. The lowest BCUT2D eigenvalue weighted by atomic mass is 10.2. The van der Waals surface area contributed by atoms with Gasteiger partial charge in [-0.15, -0.1) is 0 Å². The normalized spacial score (nSPS) is 14.1. The van der Waals surface area contributed by atoms with Gasteiger partial charge in [-0.2, -0.15) is 0 Å². The van der Waals surface area contributed by atoms with Crippen molar-refractivity contribution < 1.29 is 0 Å². The summed E-state index contributed by atoms with van der Waals surface area (Å²) >= 11 is 0. The number of hydrogen-bond acceptors (Lipinski definition) is 4. The Balaban J connectivity index is 1.78. The molecular formula is C16H17N5. The Hall–Kier alpha value is -2.43. The molecule has 1 aromatic carbocycles. The van der Waals surface area contributed by atoms with Crippen LogP contribution >= 0.6 is 0 Å². The number of nitrogens with one attached hydrogen (secondary N) is 1. The number of imidazole rings is 1. The number of aryl methyl sites for hydroxylation is 3. The van der Waals surface area contributed by atoms with Gasteiger partial charge in [0, 0.05) is 18.7 Å². The number of hydrogen-bond donors (Lipinski definition) is 1. The third kappa shape index (κ3) is 2.14. The van der Waals surface area contributed by atoms with Crippen LogP contribution in [0.5, 0.6) is 0 Å². The van der Waals surface area contributed by atoms with Gasteiger partial charge in [0.1, 0.15) is 12.2 Å². The molecule has 2 aromatic heterocycles. The Kier molecular flexibility index (Phi) is 2.84. The molecule has 0 atom stereocenters. The maximum absolute atomic E-state index is 4.74. The summed E-state index contributed by atoms with van der Waals surface area (Å²) in [5.74, 6) is 1.91. The molecule has 1 N–H and O–H groups in total. The molecule has 4 rings (SSSR count). The highest BCUT2D eigenvalue weighted by Crippen LogP contribution is 2.26. The van der Waals surface area contributed by atoms with E-state index in [1.165, 1.54) is 18.4 Å². The van der Waals surface area contributed by atoms with E-state index in [0.717, 1.165) is 41.5 Å². The summed E-state index contributed by atoms with van der Waals surface area (Å²) in [7, 11) is 0. The van der Waals surface area contributed by atoms with Crippen LogP contribution in [0.25, 0.3) is 11.2 Å². The van der Waals surface area contributed by atoms with E-state index in [9.17, 15) is 0 Å². The number of rotatable bonds is 2. The molecule has 1 aliphatic heterocycles. The van der Waals surface area contributed by atoms with Crippen LogP contribution in [-0.2, 0) is 13.0 Å². The van der Waals surface area contributed by atoms with Crippen LogP contribution < -0.4 is 5.32 Å². The second-order valence-corrected chi connectivity index (χ2v) is 5.52. The summed E-state index contributed by atoms with van der Waals surface area (Å²) in [6.45, 7) is 3.09. The molecule has 0 aliphatic carbocycles. The zero-order valence-electron chi connectivity index (χ0n) is 12.0. The van der Waals surface area contributed by atoms with Crippen molar-refractivity contribution in [3.63, 3.8) is 0 Å². The van der Waals surface area contributed by atoms with Gasteiger partial charge in [0.05, 0.1) is 0 Å². The molecule has 5 nitrogen and oxygen atoms in total. The van der Waals surface area contributed by atoms with E-state index in [-0.39, 0.29) is 0 Å². The van der Waals surface area contributed by atoms with Crippen molar-refractivity contribution in [1.82, 2.24) is 19.5 Å². The summed E-state index contributed by atoms with van der Waals surface area (Å²) < 4.78 is 2.22. The predicted octanol–water partition coefficient (Wildman–Crippen LogP) is 3.21. The van der Waals surface area contributed by atoms with Crippen LogP contribution in [0.3, 0.4) is 0 Å². The van der Waals surface area contributed by atoms with Crippen molar-refractivity contribution in [3.05, 3.63) is 42.0 Å². The molecule has 0 unspecified atom stereocenters. The van der Waals surface area contributed by atoms with E-state index in [0.29, 0.717) is 0 Å². The molecule has 0 radical (unpaired) electrons. The summed E-state index contributed by atoms with van der Waals surface area (Å²) in [4.78, 5) is 13.5. The number of aromatic nitrogens is 4. The molecule has 5 heteroatoms. The highest BCUT2D eigenvalue weighted by atomic mass is 15.2. The largest absolute Gasteiger partial charge is 0.338 e. The number of nitrogens with zero attached hydrogens (tertiary/aromatic N) is 4. The first-order valence-electron chi connectivity index (χ1n) is 7.35. The van der Waals surface area contributed by atoms with E-state index < -0.39 is 0 Å². The maximum Gasteiger partial charge on any atom is 0.165 e. The Bertz CT molecular complexity index is 788. The van der Waals surface area contributed by atoms with E-state index in [2.05, 4.69) is 51.0 Å². The topological polar surface area (TPSA) is 55.6 Å². The SMILES string of the molecule is Cc1ccc(Nc2ncnc3c2nc2n3CCCC2)cc1. The highest BCUT2D eigenvalue weighted by molar-refractivity contribution is 5.85. The first-order valence-corrected chi connectivity index (χ1v) is 7.35. The zero-order chi connectivity index (χ0) is 14.2. The minimum Gasteiger partial charge on any atom is -0.338 e. The van der Waals surface area contributed by atoms with E-state index in [1.54, 1.807) is 6.33 Å². The maximum atomic E-state index is 4.74. The molecular weight excluding hydrogens is 262 g/mol. The van der Waals surface area contributed by atoms with Gasteiger partial charge in [-0.25, -0.2) is 15.0 Å². The highest BCUT2D eigenvalue weighted by Gasteiger charge is 2.18. The Morgan fingerprint density at radius 2 is 1.95 bits per heavy atom. The van der Waals surface area contributed by atoms with Crippen molar-refractivity contribution >= 4 is 22.7 Å². The van der Waals surface area contributed by atoms with E-state index in [1.807, 2.05) is 0 Å². The van der Waals surface area contributed by atoms with Gasteiger partial charge in [0.25, 0.3) is 0 Å². The lowest BCUT2D eigenvalue weighted by Crippen LogP contribution is -2.10. The van der Waals surface area contributed by atoms with Crippen LogP contribution in [0.1, 0.15) is 24.2 Å². The lowest BCUT2D eigenvalue weighted by Gasteiger charge is -2.12. The molecule has 0 saturated heterocycles. The summed E-state index contributed by atoms with van der Waals surface area (Å²) in [6.07, 6.45) is 5.05. The monoisotopic (exact) mass is 279 g/mol. The van der Waals surface area contributed by atoms with Gasteiger partial charge in [-0.3, -0.25) is 0 Å². The van der Waals surface area contributed by atoms with Gasteiger partial charge in [-0.1, -0.05) is 17.7 Å². The van der Waals surface area contributed by atoms with E-state index >= 15 is 0 Å².